The number of ether oxygens (including phenoxy) is 2. The van der Waals surface area contributed by atoms with Crippen molar-refractivity contribution in [2.75, 3.05) is 30.3 Å². The third kappa shape index (κ3) is 9.48. The number of amides is 2. The minimum absolute atomic E-state index is 0.00502. The highest BCUT2D eigenvalue weighted by Gasteiger charge is 2.27. The molecule has 3 aromatic rings. The van der Waals surface area contributed by atoms with Crippen molar-refractivity contribution >= 4 is 44.7 Å². The van der Waals surface area contributed by atoms with Crippen LogP contribution in [-0.4, -0.2) is 73.0 Å². The van der Waals surface area contributed by atoms with E-state index in [0.29, 0.717) is 18.4 Å². The molecule has 2 heterocycles. The van der Waals surface area contributed by atoms with Gasteiger partial charge in [0.1, 0.15) is 16.9 Å². The lowest BCUT2D eigenvalue weighted by atomic mass is 10.1. The summed E-state index contributed by atoms with van der Waals surface area (Å²) in [4.78, 5) is 45.4. The molecule has 0 saturated heterocycles. The predicted octanol–water partition coefficient (Wildman–Crippen LogP) is 4.04. The Balaban J connectivity index is 1.58. The Morgan fingerprint density at radius 2 is 1.82 bits per heavy atom. The second-order valence-electron chi connectivity index (χ2n) is 11.0. The number of nitrogens with one attached hydrogen (secondary N) is 2. The molecular weight excluding hydrogens is 609 g/mol. The van der Waals surface area contributed by atoms with Crippen LogP contribution in [0, 0.1) is 5.82 Å². The van der Waals surface area contributed by atoms with E-state index in [1.165, 1.54) is 31.4 Å². The van der Waals surface area contributed by atoms with Gasteiger partial charge in [0.05, 0.1) is 12.4 Å². The van der Waals surface area contributed by atoms with Crippen molar-refractivity contribution in [3.63, 3.8) is 0 Å². The number of pyridine rings is 2. The number of sulfonamides is 1. The molecule has 0 atom stereocenters. The van der Waals surface area contributed by atoms with Gasteiger partial charge in [0.15, 0.2) is 17.3 Å². The quantitative estimate of drug-likeness (QED) is 0.181. The first-order valence-corrected chi connectivity index (χ1v) is 15.9. The largest absolute Gasteiger partial charge is 0.504 e. The summed E-state index contributed by atoms with van der Waals surface area (Å²) in [5.74, 6) is -2.93. The van der Waals surface area contributed by atoms with Crippen molar-refractivity contribution in [3.8, 4) is 5.75 Å². The zero-order valence-corrected chi connectivity index (χ0v) is 26.7. The number of aromatic hydroxyl groups is 1. The predicted molar refractivity (Wildman–Crippen MR) is 165 cm³/mol. The fourth-order valence-electron chi connectivity index (χ4n) is 4.24. The number of aromatic nitrogens is 2. The average Bonchev–Trinajstić information content (AvgIpc) is 2.97. The number of esters is 1. The van der Waals surface area contributed by atoms with Gasteiger partial charge in [-0.05, 0) is 70.4 Å². The van der Waals surface area contributed by atoms with E-state index in [2.05, 4.69) is 20.6 Å². The number of carbonyl (C=O) groups excluding carboxylic acids is 3. The summed E-state index contributed by atoms with van der Waals surface area (Å²) in [5.41, 5.74) is -0.696. The van der Waals surface area contributed by atoms with Gasteiger partial charge in [-0.25, -0.2) is 27.4 Å². The molecule has 0 fully saturated rings. The summed E-state index contributed by atoms with van der Waals surface area (Å²) in [5, 5.41) is 16.0. The zero-order valence-electron chi connectivity index (χ0n) is 25.8. The van der Waals surface area contributed by atoms with Crippen LogP contribution in [0.25, 0.3) is 10.9 Å². The van der Waals surface area contributed by atoms with E-state index in [-0.39, 0.29) is 54.2 Å². The third-order valence-corrected chi connectivity index (χ3v) is 8.21. The smallest absolute Gasteiger partial charge is 0.407 e. The minimum Gasteiger partial charge on any atom is -0.504 e. The number of benzene rings is 1. The van der Waals surface area contributed by atoms with E-state index in [1.54, 1.807) is 33.8 Å². The van der Waals surface area contributed by atoms with Crippen LogP contribution in [0.5, 0.6) is 5.75 Å². The molecule has 15 heteroatoms. The summed E-state index contributed by atoms with van der Waals surface area (Å²) in [6.45, 7) is 6.90. The fraction of sp³-hybridized carbons (Fsp3) is 0.433. The molecule has 0 radical (unpaired) electrons. The molecule has 2 aromatic heterocycles. The summed E-state index contributed by atoms with van der Waals surface area (Å²) in [7, 11) is -2.62. The lowest BCUT2D eigenvalue weighted by Crippen LogP contribution is -2.33. The number of hydrogen-bond donors (Lipinski definition) is 3. The number of rotatable bonds is 13. The van der Waals surface area contributed by atoms with Gasteiger partial charge in [-0.1, -0.05) is 12.5 Å². The van der Waals surface area contributed by atoms with Crippen molar-refractivity contribution < 1.29 is 41.8 Å². The molecule has 244 valence electrons. The molecule has 3 rings (SSSR count). The maximum absolute atomic E-state index is 13.9. The maximum atomic E-state index is 13.9. The lowest BCUT2D eigenvalue weighted by molar-refractivity contribution is 0.0508. The van der Waals surface area contributed by atoms with Crippen LogP contribution in [-0.2, 0) is 26.0 Å². The Hall–Kier alpha value is -4.53. The number of anilines is 1. The van der Waals surface area contributed by atoms with Gasteiger partial charge < -0.3 is 25.2 Å². The number of hydrogen-bond acceptors (Lipinski definition) is 10. The highest BCUT2D eigenvalue weighted by atomic mass is 32.2. The SMILES string of the molecule is CCOC(=O)c1nc(N(C)S(=O)(=O)CCCCCNC(=O)c2cc(F)ccc2CNC(=O)OC(C)(C)C)c2cccnc2c1O. The number of unbranched alkanes of at least 4 members (excludes halogenated alkanes) is 2. The summed E-state index contributed by atoms with van der Waals surface area (Å²) in [6, 6.07) is 6.75. The van der Waals surface area contributed by atoms with E-state index in [4.69, 9.17) is 9.47 Å². The molecule has 0 aliphatic rings. The van der Waals surface area contributed by atoms with E-state index >= 15 is 0 Å². The van der Waals surface area contributed by atoms with Crippen LogP contribution < -0.4 is 14.9 Å². The second kappa shape index (κ2) is 15.0. The maximum Gasteiger partial charge on any atom is 0.407 e. The van der Waals surface area contributed by atoms with E-state index in [1.807, 2.05) is 0 Å². The first-order chi connectivity index (χ1) is 21.1. The second-order valence-corrected chi connectivity index (χ2v) is 13.1. The monoisotopic (exact) mass is 647 g/mol. The number of halogens is 1. The van der Waals surface area contributed by atoms with E-state index in [0.717, 1.165) is 10.4 Å². The zero-order chi connectivity index (χ0) is 33.4. The normalized spacial score (nSPS) is 11.6. The van der Waals surface area contributed by atoms with Gasteiger partial charge in [0.2, 0.25) is 10.0 Å². The van der Waals surface area contributed by atoms with Gasteiger partial charge >= 0.3 is 12.1 Å². The molecule has 1 aromatic carbocycles. The highest BCUT2D eigenvalue weighted by molar-refractivity contribution is 7.92. The lowest BCUT2D eigenvalue weighted by Gasteiger charge is -2.21. The molecule has 0 aliphatic heterocycles. The molecule has 45 heavy (non-hydrogen) atoms. The topological polar surface area (TPSA) is 177 Å². The highest BCUT2D eigenvalue weighted by Crippen LogP contribution is 2.33. The van der Waals surface area contributed by atoms with Crippen molar-refractivity contribution in [3.05, 3.63) is 59.2 Å². The Morgan fingerprint density at radius 1 is 1.09 bits per heavy atom. The molecule has 13 nitrogen and oxygen atoms in total. The van der Waals surface area contributed by atoms with Crippen molar-refractivity contribution in [2.24, 2.45) is 0 Å². The Labute approximate surface area is 261 Å². The van der Waals surface area contributed by atoms with Gasteiger partial charge in [-0.15, -0.1) is 0 Å². The standard InChI is InChI=1S/C30H38FN5O8S/c1-6-43-28(39)24-25(37)23-21(11-10-15-32-23)26(35-24)36(5)45(41,42)16-9-7-8-14-33-27(38)22-17-20(31)13-12-19(22)18-34-29(40)44-30(2,3)4/h10-13,15,17,37H,6-9,14,16,18H2,1-5H3,(H,33,38)(H,34,40). The van der Waals surface area contributed by atoms with Crippen molar-refractivity contribution in [1.29, 1.82) is 0 Å². The van der Waals surface area contributed by atoms with Gasteiger partial charge in [0.25, 0.3) is 5.91 Å². The first kappa shape index (κ1) is 35.0. The molecule has 0 aliphatic carbocycles. The molecule has 0 unspecified atom stereocenters. The van der Waals surface area contributed by atoms with Crippen LogP contribution in [0.3, 0.4) is 0 Å². The van der Waals surface area contributed by atoms with Gasteiger partial charge in [0, 0.05) is 37.3 Å². The Morgan fingerprint density at radius 3 is 2.51 bits per heavy atom. The summed E-state index contributed by atoms with van der Waals surface area (Å²) < 4.78 is 51.4. The Kier molecular flexibility index (Phi) is 11.6. The van der Waals surface area contributed by atoms with E-state index in [9.17, 15) is 32.3 Å². The molecular formula is C30H38FN5O8S. The minimum atomic E-state index is -3.92. The van der Waals surface area contributed by atoms with Crippen LogP contribution >= 0.6 is 0 Å². The summed E-state index contributed by atoms with van der Waals surface area (Å²) in [6.07, 6.45) is 1.83. The molecule has 0 bridgehead atoms. The third-order valence-electron chi connectivity index (χ3n) is 6.40. The van der Waals surface area contributed by atoms with Gasteiger partial charge in [-0.2, -0.15) is 0 Å². The van der Waals surface area contributed by atoms with Crippen molar-refractivity contribution in [2.45, 2.75) is 59.1 Å². The van der Waals surface area contributed by atoms with E-state index < -0.39 is 50.9 Å². The van der Waals surface area contributed by atoms with Crippen molar-refractivity contribution in [1.82, 2.24) is 20.6 Å². The number of carbonyl (C=O) groups is 3. The Bertz CT molecular complexity index is 1660. The molecule has 3 N–H and O–H groups in total. The van der Waals surface area contributed by atoms with Crippen LogP contribution in [0.4, 0.5) is 15.0 Å². The number of nitrogens with zero attached hydrogens (tertiary/aromatic N) is 3. The molecule has 0 spiro atoms. The van der Waals surface area contributed by atoms with Crippen LogP contribution in [0.1, 0.15) is 73.4 Å². The average molecular weight is 648 g/mol. The molecule has 0 saturated carbocycles. The van der Waals surface area contributed by atoms with Crippen LogP contribution in [0.2, 0.25) is 0 Å². The molecule has 2 amide bonds. The number of alkyl carbamates (subject to hydrolysis) is 1. The summed E-state index contributed by atoms with van der Waals surface area (Å²) >= 11 is 0. The van der Waals surface area contributed by atoms with Gasteiger partial charge in [-0.3, -0.25) is 14.1 Å². The fourth-order valence-corrected chi connectivity index (χ4v) is 5.48. The van der Waals surface area contributed by atoms with Crippen LogP contribution in [0.15, 0.2) is 36.5 Å². The number of fused-ring (bicyclic) bond motifs is 1. The first-order valence-electron chi connectivity index (χ1n) is 14.3.